The van der Waals surface area contributed by atoms with Crippen molar-refractivity contribution >= 4 is 16.9 Å². The Hall–Kier alpha value is -2.89. The average Bonchev–Trinajstić information content (AvgIpc) is 3.34. The molecule has 4 rings (SSSR count). The van der Waals surface area contributed by atoms with E-state index in [1.807, 2.05) is 53.8 Å². The van der Waals surface area contributed by atoms with Gasteiger partial charge in [0.1, 0.15) is 11.3 Å². The van der Waals surface area contributed by atoms with Crippen LogP contribution in [0.5, 0.6) is 5.75 Å². The maximum Gasteiger partial charge on any atom is 0.254 e. The number of ether oxygens (including phenoxy) is 1. The van der Waals surface area contributed by atoms with Gasteiger partial charge in [-0.25, -0.2) is 4.68 Å². The summed E-state index contributed by atoms with van der Waals surface area (Å²) < 4.78 is 7.36. The van der Waals surface area contributed by atoms with Crippen LogP contribution < -0.4 is 4.74 Å². The predicted molar refractivity (Wildman–Crippen MR) is 104 cm³/mol. The van der Waals surface area contributed by atoms with E-state index in [1.54, 1.807) is 0 Å². The molecule has 1 amide bonds. The Morgan fingerprint density at radius 3 is 2.74 bits per heavy atom. The Labute approximate surface area is 158 Å². The molecule has 0 radical (unpaired) electrons. The summed E-state index contributed by atoms with van der Waals surface area (Å²) in [6.07, 6.45) is 1.99. The molecule has 6 nitrogen and oxygen atoms in total. The first kappa shape index (κ1) is 17.5. The molecule has 1 aliphatic rings. The zero-order chi connectivity index (χ0) is 18.8. The Balaban J connectivity index is 1.58. The van der Waals surface area contributed by atoms with Crippen LogP contribution in [0.4, 0.5) is 0 Å². The predicted octanol–water partition coefficient (Wildman–Crippen LogP) is 3.83. The van der Waals surface area contributed by atoms with Crippen LogP contribution in [0.2, 0.25) is 0 Å². The first-order valence-electron chi connectivity index (χ1n) is 9.58. The summed E-state index contributed by atoms with van der Waals surface area (Å²) in [4.78, 5) is 15.1. The van der Waals surface area contributed by atoms with Crippen molar-refractivity contribution < 1.29 is 9.53 Å². The number of hydrogen-bond acceptors (Lipinski definition) is 4. The number of benzene rings is 2. The maximum absolute atomic E-state index is 13.2. The lowest BCUT2D eigenvalue weighted by molar-refractivity contribution is 0.0736. The van der Waals surface area contributed by atoms with E-state index in [4.69, 9.17) is 4.74 Å². The van der Waals surface area contributed by atoms with Gasteiger partial charge in [0.25, 0.3) is 5.91 Å². The number of carbonyl (C=O) groups is 1. The molecule has 6 heteroatoms. The summed E-state index contributed by atoms with van der Waals surface area (Å²) in [6, 6.07) is 13.9. The summed E-state index contributed by atoms with van der Waals surface area (Å²) >= 11 is 0. The van der Waals surface area contributed by atoms with Crippen molar-refractivity contribution in [1.29, 1.82) is 0 Å². The number of carbonyl (C=O) groups excluding carboxylic acids is 1. The number of rotatable bonds is 5. The fourth-order valence-electron chi connectivity index (χ4n) is 3.81. The molecule has 140 valence electrons. The number of hydrogen-bond donors (Lipinski definition) is 0. The first-order chi connectivity index (χ1) is 13.2. The van der Waals surface area contributed by atoms with Gasteiger partial charge in [0.2, 0.25) is 0 Å². The largest absolute Gasteiger partial charge is 0.494 e. The van der Waals surface area contributed by atoms with Gasteiger partial charge in [0.15, 0.2) is 0 Å². The van der Waals surface area contributed by atoms with Crippen molar-refractivity contribution in [2.75, 3.05) is 13.2 Å². The molecule has 1 saturated heterocycles. The Morgan fingerprint density at radius 2 is 2.00 bits per heavy atom. The van der Waals surface area contributed by atoms with Crippen molar-refractivity contribution in [3.05, 3.63) is 53.6 Å². The second-order valence-corrected chi connectivity index (χ2v) is 6.77. The molecule has 0 aliphatic carbocycles. The number of nitrogens with zero attached hydrogens (tertiary/aromatic N) is 4. The number of aryl methyl sites for hydroxylation is 1. The second kappa shape index (κ2) is 7.39. The highest BCUT2D eigenvalue weighted by Crippen LogP contribution is 2.34. The zero-order valence-corrected chi connectivity index (χ0v) is 15.8. The highest BCUT2D eigenvalue weighted by molar-refractivity contribution is 5.97. The normalized spacial score (nSPS) is 16.8. The molecule has 1 unspecified atom stereocenters. The van der Waals surface area contributed by atoms with Crippen LogP contribution in [0.15, 0.2) is 42.5 Å². The molecule has 1 atom stereocenters. The molecule has 27 heavy (non-hydrogen) atoms. The fraction of sp³-hybridized carbons (Fsp3) is 0.381. The third-order valence-electron chi connectivity index (χ3n) is 5.15. The molecule has 1 aromatic heterocycles. The van der Waals surface area contributed by atoms with E-state index < -0.39 is 0 Å². The average molecular weight is 364 g/mol. The van der Waals surface area contributed by atoms with E-state index in [0.29, 0.717) is 12.2 Å². The molecule has 0 N–H and O–H groups in total. The summed E-state index contributed by atoms with van der Waals surface area (Å²) in [5.41, 5.74) is 3.55. The van der Waals surface area contributed by atoms with Crippen LogP contribution in [0.25, 0.3) is 11.0 Å². The van der Waals surface area contributed by atoms with Gasteiger partial charge in [-0.3, -0.25) is 4.79 Å². The van der Waals surface area contributed by atoms with E-state index in [9.17, 15) is 4.79 Å². The lowest BCUT2D eigenvalue weighted by atomic mass is 10.0. The van der Waals surface area contributed by atoms with Crippen molar-refractivity contribution in [2.24, 2.45) is 0 Å². The van der Waals surface area contributed by atoms with Crippen molar-refractivity contribution in [1.82, 2.24) is 19.9 Å². The van der Waals surface area contributed by atoms with Gasteiger partial charge in [-0.15, -0.1) is 5.10 Å². The van der Waals surface area contributed by atoms with Gasteiger partial charge >= 0.3 is 0 Å². The zero-order valence-electron chi connectivity index (χ0n) is 15.8. The van der Waals surface area contributed by atoms with Crippen LogP contribution in [0, 0.1) is 0 Å². The standard InChI is InChI=1S/C21H24N4O2/c1-3-25-20-12-9-16(14-18(20)22-23-25)21(26)24-13-5-6-19(24)15-7-10-17(11-8-15)27-4-2/h7-12,14,19H,3-6,13H2,1-2H3. The highest BCUT2D eigenvalue weighted by Gasteiger charge is 2.30. The molecular formula is C21H24N4O2. The monoisotopic (exact) mass is 364 g/mol. The van der Waals surface area contributed by atoms with E-state index >= 15 is 0 Å². The molecule has 0 bridgehead atoms. The first-order valence-corrected chi connectivity index (χ1v) is 9.58. The number of aromatic nitrogens is 3. The Kier molecular flexibility index (Phi) is 4.79. The minimum atomic E-state index is 0.0549. The summed E-state index contributed by atoms with van der Waals surface area (Å²) in [5, 5.41) is 8.32. The van der Waals surface area contributed by atoms with Gasteiger partial charge in [-0.05, 0) is 62.6 Å². The van der Waals surface area contributed by atoms with Gasteiger partial charge in [-0.2, -0.15) is 0 Å². The molecule has 2 aromatic carbocycles. The Bertz CT molecular complexity index is 948. The van der Waals surface area contributed by atoms with Crippen molar-refractivity contribution in [3.8, 4) is 5.75 Å². The van der Waals surface area contributed by atoms with E-state index in [1.165, 1.54) is 0 Å². The third kappa shape index (κ3) is 3.27. The minimum absolute atomic E-state index is 0.0549. The van der Waals surface area contributed by atoms with E-state index in [-0.39, 0.29) is 11.9 Å². The minimum Gasteiger partial charge on any atom is -0.494 e. The third-order valence-corrected chi connectivity index (χ3v) is 5.15. The lowest BCUT2D eigenvalue weighted by Gasteiger charge is -2.25. The number of likely N-dealkylation sites (tertiary alicyclic amines) is 1. The summed E-state index contributed by atoms with van der Waals surface area (Å²) in [6.45, 7) is 6.19. The van der Waals surface area contributed by atoms with E-state index in [0.717, 1.165) is 48.3 Å². The van der Waals surface area contributed by atoms with Crippen molar-refractivity contribution in [3.63, 3.8) is 0 Å². The maximum atomic E-state index is 13.2. The molecule has 1 aliphatic heterocycles. The van der Waals surface area contributed by atoms with Crippen LogP contribution in [-0.2, 0) is 6.54 Å². The van der Waals surface area contributed by atoms with Crippen LogP contribution in [0.1, 0.15) is 48.7 Å². The summed E-state index contributed by atoms with van der Waals surface area (Å²) in [7, 11) is 0. The van der Waals surface area contributed by atoms with E-state index in [2.05, 4.69) is 22.4 Å². The summed E-state index contributed by atoms with van der Waals surface area (Å²) in [5.74, 6) is 0.918. The molecule has 3 aromatic rings. The molecular weight excluding hydrogens is 340 g/mol. The quantitative estimate of drug-likeness (QED) is 0.690. The highest BCUT2D eigenvalue weighted by atomic mass is 16.5. The van der Waals surface area contributed by atoms with Gasteiger partial charge in [0.05, 0.1) is 18.2 Å². The Morgan fingerprint density at radius 1 is 1.19 bits per heavy atom. The topological polar surface area (TPSA) is 60.2 Å². The van der Waals surface area contributed by atoms with Gasteiger partial charge < -0.3 is 9.64 Å². The number of amides is 1. The van der Waals surface area contributed by atoms with Crippen LogP contribution >= 0.6 is 0 Å². The smallest absolute Gasteiger partial charge is 0.254 e. The molecule has 0 spiro atoms. The van der Waals surface area contributed by atoms with Crippen LogP contribution in [0.3, 0.4) is 0 Å². The SMILES string of the molecule is CCOc1ccc(C2CCCN2C(=O)c2ccc3c(c2)nnn3CC)cc1. The molecule has 2 heterocycles. The van der Waals surface area contributed by atoms with Crippen LogP contribution in [-0.4, -0.2) is 39.0 Å². The molecule has 1 fully saturated rings. The molecule has 0 saturated carbocycles. The number of fused-ring (bicyclic) bond motifs is 1. The van der Waals surface area contributed by atoms with Gasteiger partial charge in [0, 0.05) is 18.7 Å². The lowest BCUT2D eigenvalue weighted by Crippen LogP contribution is -2.30. The van der Waals surface area contributed by atoms with Gasteiger partial charge in [-0.1, -0.05) is 17.3 Å². The second-order valence-electron chi connectivity index (χ2n) is 6.77. The fourth-order valence-corrected chi connectivity index (χ4v) is 3.81. The van der Waals surface area contributed by atoms with Crippen molar-refractivity contribution in [2.45, 2.75) is 39.3 Å².